The number of benzene rings is 2. The van der Waals surface area contributed by atoms with Crippen molar-refractivity contribution in [1.82, 2.24) is 14.8 Å². The molecule has 1 aromatic heterocycles. The van der Waals surface area contributed by atoms with Gasteiger partial charge in [0.1, 0.15) is 35.0 Å². The van der Waals surface area contributed by atoms with Crippen LogP contribution in [0, 0.1) is 11.6 Å². The molecule has 2 unspecified atom stereocenters. The summed E-state index contributed by atoms with van der Waals surface area (Å²) >= 11 is 0. The molecule has 0 aliphatic carbocycles. The third-order valence-electron chi connectivity index (χ3n) is 6.59. The number of aryl methyl sites for hydroxylation is 1. The third-order valence-corrected chi connectivity index (χ3v) is 7.15. The number of halogens is 2. The normalized spacial score (nSPS) is 18.1. The molecule has 0 saturated heterocycles. The maximum absolute atomic E-state index is 15.5. The first-order chi connectivity index (χ1) is 20.8. The number of esters is 1. The number of aromatic nitrogens is 3. The van der Waals surface area contributed by atoms with Gasteiger partial charge in [-0.05, 0) is 76.9 Å². The summed E-state index contributed by atoms with van der Waals surface area (Å²) in [5, 5.41) is 4.20. The maximum atomic E-state index is 15.5. The van der Waals surface area contributed by atoms with Crippen molar-refractivity contribution in [3.05, 3.63) is 83.0 Å². The van der Waals surface area contributed by atoms with Crippen LogP contribution in [0.1, 0.15) is 80.8 Å². The van der Waals surface area contributed by atoms with Crippen LogP contribution in [-0.4, -0.2) is 59.3 Å². The average molecular weight is 647 g/mol. The van der Waals surface area contributed by atoms with Crippen LogP contribution >= 0.6 is 0 Å². The van der Waals surface area contributed by atoms with Crippen LogP contribution in [0.3, 0.4) is 0 Å². The molecule has 1 aliphatic rings. The number of rotatable bonds is 6. The summed E-state index contributed by atoms with van der Waals surface area (Å²) in [5.74, 6) is -2.99. The molecule has 0 N–H and O–H groups in total. The van der Waals surface area contributed by atoms with E-state index in [1.54, 1.807) is 48.6 Å². The van der Waals surface area contributed by atoms with Gasteiger partial charge in [0.2, 0.25) is 0 Å². The van der Waals surface area contributed by atoms with Crippen molar-refractivity contribution in [2.75, 3.05) is 17.8 Å². The third kappa shape index (κ3) is 7.92. The number of anilines is 1. The Labute approximate surface area is 260 Å². The van der Waals surface area contributed by atoms with E-state index in [0.29, 0.717) is 5.56 Å². The number of carbonyl (C=O) groups excluding carboxylic acids is 2. The van der Waals surface area contributed by atoms with Crippen LogP contribution in [-0.2, 0) is 30.8 Å². The highest BCUT2D eigenvalue weighted by Gasteiger charge is 2.47. The highest BCUT2D eigenvalue weighted by Crippen LogP contribution is 2.54. The molecule has 0 radical (unpaired) electrons. The van der Waals surface area contributed by atoms with Gasteiger partial charge in [-0.2, -0.15) is 13.5 Å². The van der Waals surface area contributed by atoms with Gasteiger partial charge in [-0.3, -0.25) is 13.8 Å². The summed E-state index contributed by atoms with van der Waals surface area (Å²) in [4.78, 5) is 33.4. The first-order valence-corrected chi connectivity index (χ1v) is 15.8. The van der Waals surface area contributed by atoms with Crippen LogP contribution in [0.25, 0.3) is 5.57 Å². The average Bonchev–Trinajstić information content (AvgIpc) is 3.30. The van der Waals surface area contributed by atoms with Crippen LogP contribution < -0.4 is 4.90 Å². The lowest BCUT2D eigenvalue weighted by atomic mass is 9.75. The van der Waals surface area contributed by atoms with Gasteiger partial charge in [-0.15, -0.1) is 0 Å². The molecular formula is C31H36F2N4O7S. The van der Waals surface area contributed by atoms with E-state index in [-0.39, 0.29) is 28.2 Å². The first kappa shape index (κ1) is 33.7. The van der Waals surface area contributed by atoms with Crippen LogP contribution in [0.15, 0.2) is 48.8 Å². The van der Waals surface area contributed by atoms with E-state index in [1.165, 1.54) is 46.3 Å². The van der Waals surface area contributed by atoms with E-state index in [1.807, 2.05) is 0 Å². The predicted molar refractivity (Wildman–Crippen MR) is 162 cm³/mol. The number of carbonyl (C=O) groups is 2. The Morgan fingerprint density at radius 1 is 0.978 bits per heavy atom. The Hall–Kier alpha value is -4.17. The Morgan fingerprint density at radius 2 is 1.60 bits per heavy atom. The zero-order valence-electron chi connectivity index (χ0n) is 26.3. The Balaban J connectivity index is 2.16. The van der Waals surface area contributed by atoms with E-state index in [0.717, 1.165) is 18.4 Å². The second kappa shape index (κ2) is 12.3. The van der Waals surface area contributed by atoms with Gasteiger partial charge in [-0.25, -0.2) is 23.4 Å². The highest BCUT2D eigenvalue weighted by molar-refractivity contribution is 7.86. The van der Waals surface area contributed by atoms with E-state index in [2.05, 4.69) is 10.1 Å². The van der Waals surface area contributed by atoms with Gasteiger partial charge in [0.05, 0.1) is 36.1 Å². The van der Waals surface area contributed by atoms with Crippen molar-refractivity contribution in [2.24, 2.45) is 7.05 Å². The van der Waals surface area contributed by atoms with E-state index in [4.69, 9.17) is 13.7 Å². The van der Waals surface area contributed by atoms with Crippen molar-refractivity contribution >= 4 is 33.4 Å². The largest absolute Gasteiger partial charge is 0.456 e. The quantitative estimate of drug-likeness (QED) is 0.245. The van der Waals surface area contributed by atoms with E-state index >= 15 is 4.39 Å². The Bertz CT molecular complexity index is 1740. The molecule has 2 heterocycles. The number of ether oxygens (including phenoxy) is 2. The summed E-state index contributed by atoms with van der Waals surface area (Å²) in [6, 6.07) is 6.32. The monoisotopic (exact) mass is 646 g/mol. The molecule has 2 atom stereocenters. The van der Waals surface area contributed by atoms with Crippen LogP contribution in [0.5, 0.6) is 0 Å². The van der Waals surface area contributed by atoms with Crippen molar-refractivity contribution in [3.63, 3.8) is 0 Å². The summed E-state index contributed by atoms with van der Waals surface area (Å²) in [7, 11) is -2.30. The summed E-state index contributed by atoms with van der Waals surface area (Å²) in [6.45, 7) is 9.45. The molecular weight excluding hydrogens is 610 g/mol. The minimum Gasteiger partial charge on any atom is -0.456 e. The van der Waals surface area contributed by atoms with E-state index in [9.17, 15) is 22.4 Å². The fourth-order valence-corrected chi connectivity index (χ4v) is 5.39. The number of hydrogen-bond acceptors (Lipinski definition) is 9. The zero-order chi connectivity index (χ0) is 33.5. The molecule has 0 spiro atoms. The molecule has 11 nitrogen and oxygen atoms in total. The van der Waals surface area contributed by atoms with Gasteiger partial charge in [0.25, 0.3) is 10.1 Å². The number of hydrogen-bond donors (Lipinski definition) is 0. The SMILES string of the molecule is Cn1ncnc1C1C(=CCOS(C)(=O)=O)c2c(C(=O)OC(C)(C)C)cc(F)cc2N(C(=O)OC(C)(C)C)C1c1ccc(F)cc1. The van der Waals surface area contributed by atoms with Crippen LogP contribution in [0.2, 0.25) is 0 Å². The van der Waals surface area contributed by atoms with Crippen molar-refractivity contribution < 1.29 is 40.4 Å². The Morgan fingerprint density at radius 3 is 2.13 bits per heavy atom. The molecule has 14 heteroatoms. The number of fused-ring (bicyclic) bond motifs is 1. The topological polar surface area (TPSA) is 130 Å². The smallest absolute Gasteiger partial charge is 0.415 e. The molecule has 0 fully saturated rings. The molecule has 1 amide bonds. The molecule has 2 aromatic carbocycles. The summed E-state index contributed by atoms with van der Waals surface area (Å²) < 4.78 is 71.5. The molecule has 45 heavy (non-hydrogen) atoms. The minimum atomic E-state index is -3.91. The van der Waals surface area contributed by atoms with Crippen LogP contribution in [0.4, 0.5) is 19.3 Å². The van der Waals surface area contributed by atoms with Gasteiger partial charge < -0.3 is 9.47 Å². The molecule has 0 bridgehead atoms. The standard InChI is InChI=1S/C31H36F2N4O7S/c1-30(2,3)43-28(38)22-15-20(33)16-23-24(22)21(13-14-42-45(8,40)41)25(27-34-17-35-36(27)7)26(18-9-11-19(32)12-10-18)37(23)29(39)44-31(4,5)6/h9-13,15-17,25-26H,14H2,1-8H3. The lowest BCUT2D eigenvalue weighted by Crippen LogP contribution is -2.45. The fraction of sp³-hybridized carbons (Fsp3) is 0.419. The van der Waals surface area contributed by atoms with Crippen molar-refractivity contribution in [2.45, 2.75) is 64.7 Å². The minimum absolute atomic E-state index is 0.0662. The molecule has 3 aromatic rings. The van der Waals surface area contributed by atoms with Crippen molar-refractivity contribution in [3.8, 4) is 0 Å². The lowest BCUT2D eigenvalue weighted by Gasteiger charge is -2.44. The number of nitrogens with zero attached hydrogens (tertiary/aromatic N) is 4. The lowest BCUT2D eigenvalue weighted by molar-refractivity contribution is 0.00678. The molecule has 0 saturated carbocycles. The molecule has 1 aliphatic heterocycles. The van der Waals surface area contributed by atoms with E-state index < -0.39 is 63.6 Å². The van der Waals surface area contributed by atoms with Gasteiger partial charge >= 0.3 is 12.1 Å². The molecule has 4 rings (SSSR count). The maximum Gasteiger partial charge on any atom is 0.415 e. The highest BCUT2D eigenvalue weighted by atomic mass is 32.2. The fourth-order valence-electron chi connectivity index (χ4n) is 5.07. The predicted octanol–water partition coefficient (Wildman–Crippen LogP) is 5.69. The van der Waals surface area contributed by atoms with Gasteiger partial charge in [0, 0.05) is 12.6 Å². The second-order valence-electron chi connectivity index (χ2n) is 12.6. The number of amides is 1. The van der Waals surface area contributed by atoms with Gasteiger partial charge in [0.15, 0.2) is 0 Å². The summed E-state index contributed by atoms with van der Waals surface area (Å²) in [5.41, 5.74) is -1.53. The van der Waals surface area contributed by atoms with Crippen molar-refractivity contribution in [1.29, 1.82) is 0 Å². The first-order valence-electron chi connectivity index (χ1n) is 14.0. The Kier molecular flexibility index (Phi) is 9.23. The molecule has 242 valence electrons. The summed E-state index contributed by atoms with van der Waals surface area (Å²) in [6.07, 6.45) is 2.70. The second-order valence-corrected chi connectivity index (χ2v) is 14.2. The van der Waals surface area contributed by atoms with Gasteiger partial charge in [-0.1, -0.05) is 18.2 Å². The zero-order valence-corrected chi connectivity index (χ0v) is 27.1.